The van der Waals surface area contributed by atoms with Gasteiger partial charge in [0.1, 0.15) is 0 Å². The molecule has 114 valence electrons. The lowest BCUT2D eigenvalue weighted by atomic mass is 9.99. The van der Waals surface area contributed by atoms with E-state index < -0.39 is 0 Å². The van der Waals surface area contributed by atoms with E-state index in [-0.39, 0.29) is 5.60 Å². The van der Waals surface area contributed by atoms with Gasteiger partial charge < -0.3 is 10.1 Å². The zero-order valence-corrected chi connectivity index (χ0v) is 14.2. The number of hydrogen-bond donors (Lipinski definition) is 1. The highest BCUT2D eigenvalue weighted by Gasteiger charge is 2.20. The Morgan fingerprint density at radius 2 is 1.95 bits per heavy atom. The molecule has 1 N–H and O–H groups in total. The fraction of sp³-hybridized carbons (Fsp3) is 1.00. The summed E-state index contributed by atoms with van der Waals surface area (Å²) in [6.45, 7) is 7.65. The molecule has 1 atom stereocenters. The molecule has 1 aliphatic rings. The lowest BCUT2D eigenvalue weighted by molar-refractivity contribution is 0.0122. The Morgan fingerprint density at radius 1 is 1.26 bits per heavy atom. The molecule has 0 bridgehead atoms. The fourth-order valence-corrected chi connectivity index (χ4v) is 4.10. The smallest absolute Gasteiger partial charge is 0.0623 e. The van der Waals surface area contributed by atoms with E-state index in [0.717, 1.165) is 18.2 Å². The summed E-state index contributed by atoms with van der Waals surface area (Å²) >= 11 is 2.20. The molecule has 0 heterocycles. The maximum atomic E-state index is 5.53. The number of methoxy groups -OCH3 is 1. The summed E-state index contributed by atoms with van der Waals surface area (Å²) in [5.74, 6) is 1.26. The van der Waals surface area contributed by atoms with Crippen LogP contribution in [0.15, 0.2) is 0 Å². The molecule has 0 aliphatic heterocycles. The molecule has 1 unspecified atom stereocenters. The summed E-state index contributed by atoms with van der Waals surface area (Å²) < 4.78 is 5.53. The third-order valence-corrected chi connectivity index (χ3v) is 5.76. The van der Waals surface area contributed by atoms with Gasteiger partial charge in [-0.1, -0.05) is 26.2 Å². The van der Waals surface area contributed by atoms with Crippen molar-refractivity contribution in [3.63, 3.8) is 0 Å². The van der Waals surface area contributed by atoms with Crippen LogP contribution in [0.25, 0.3) is 0 Å². The molecule has 0 aromatic carbocycles. The highest BCUT2D eigenvalue weighted by atomic mass is 32.2. The standard InChI is InChI=1S/C16H33NOS/c1-5-17-14(11-12-16(2,3)18-4)13-19-15-9-7-6-8-10-15/h14-15,17H,5-13H2,1-4H3. The van der Waals surface area contributed by atoms with Crippen molar-refractivity contribution in [2.45, 2.75) is 82.6 Å². The van der Waals surface area contributed by atoms with Gasteiger partial charge in [0.25, 0.3) is 0 Å². The van der Waals surface area contributed by atoms with Crippen molar-refractivity contribution in [2.75, 3.05) is 19.4 Å². The van der Waals surface area contributed by atoms with Crippen molar-refractivity contribution in [3.05, 3.63) is 0 Å². The van der Waals surface area contributed by atoms with Gasteiger partial charge in [0, 0.05) is 24.2 Å². The molecule has 0 radical (unpaired) electrons. The summed E-state index contributed by atoms with van der Waals surface area (Å²) in [5.41, 5.74) is 0.0170. The van der Waals surface area contributed by atoms with E-state index in [9.17, 15) is 0 Å². The van der Waals surface area contributed by atoms with E-state index in [1.165, 1.54) is 44.3 Å². The Morgan fingerprint density at radius 3 is 2.53 bits per heavy atom. The highest BCUT2D eigenvalue weighted by molar-refractivity contribution is 7.99. The topological polar surface area (TPSA) is 21.3 Å². The van der Waals surface area contributed by atoms with Gasteiger partial charge in [-0.3, -0.25) is 0 Å². The van der Waals surface area contributed by atoms with Gasteiger partial charge >= 0.3 is 0 Å². The summed E-state index contributed by atoms with van der Waals surface area (Å²) in [6, 6.07) is 0.645. The molecule has 19 heavy (non-hydrogen) atoms. The Kier molecular flexibility index (Phi) is 8.43. The van der Waals surface area contributed by atoms with Gasteiger partial charge in [-0.05, 0) is 46.1 Å². The quantitative estimate of drug-likeness (QED) is 0.685. The second-order valence-corrected chi connectivity index (χ2v) is 7.68. The Bertz CT molecular complexity index is 227. The van der Waals surface area contributed by atoms with Crippen LogP contribution in [0, 0.1) is 0 Å². The predicted octanol–water partition coefficient (Wildman–Crippen LogP) is 4.24. The molecule has 0 aromatic rings. The van der Waals surface area contributed by atoms with Crippen LogP contribution in [-0.2, 0) is 4.74 Å². The second kappa shape index (κ2) is 9.25. The van der Waals surface area contributed by atoms with E-state index >= 15 is 0 Å². The number of rotatable bonds is 9. The average molecular weight is 288 g/mol. The van der Waals surface area contributed by atoms with Crippen LogP contribution in [0.2, 0.25) is 0 Å². The van der Waals surface area contributed by atoms with Gasteiger partial charge in [0.05, 0.1) is 5.60 Å². The normalized spacial score (nSPS) is 19.6. The first-order valence-electron chi connectivity index (χ1n) is 7.97. The summed E-state index contributed by atoms with van der Waals surface area (Å²) in [7, 11) is 1.82. The lowest BCUT2D eigenvalue weighted by Crippen LogP contribution is -2.35. The van der Waals surface area contributed by atoms with Crippen molar-refractivity contribution < 1.29 is 4.74 Å². The minimum absolute atomic E-state index is 0.0170. The number of nitrogens with one attached hydrogen (secondary N) is 1. The van der Waals surface area contributed by atoms with Crippen LogP contribution < -0.4 is 5.32 Å². The molecule has 1 rings (SSSR count). The first kappa shape index (κ1) is 17.3. The van der Waals surface area contributed by atoms with Gasteiger partial charge in [-0.25, -0.2) is 0 Å². The maximum Gasteiger partial charge on any atom is 0.0623 e. The SMILES string of the molecule is CCNC(CCC(C)(C)OC)CSC1CCCCC1. The summed E-state index contributed by atoms with van der Waals surface area (Å²) in [4.78, 5) is 0. The number of thioether (sulfide) groups is 1. The second-order valence-electron chi connectivity index (χ2n) is 6.35. The largest absolute Gasteiger partial charge is 0.379 e. The molecule has 1 aliphatic carbocycles. The Hall–Kier alpha value is 0.270. The van der Waals surface area contributed by atoms with Crippen molar-refractivity contribution in [1.82, 2.24) is 5.32 Å². The Labute approximate surface area is 124 Å². The molecule has 3 heteroatoms. The predicted molar refractivity (Wildman–Crippen MR) is 87.1 cm³/mol. The number of hydrogen-bond acceptors (Lipinski definition) is 3. The molecule has 0 amide bonds. The van der Waals surface area contributed by atoms with E-state index in [0.29, 0.717) is 6.04 Å². The lowest BCUT2D eigenvalue weighted by Gasteiger charge is -2.28. The monoisotopic (exact) mass is 287 g/mol. The first-order chi connectivity index (χ1) is 9.07. The van der Waals surface area contributed by atoms with E-state index in [2.05, 4.69) is 37.8 Å². The van der Waals surface area contributed by atoms with Crippen molar-refractivity contribution in [3.8, 4) is 0 Å². The maximum absolute atomic E-state index is 5.53. The molecule has 0 aromatic heterocycles. The van der Waals surface area contributed by atoms with Crippen molar-refractivity contribution in [1.29, 1.82) is 0 Å². The molecule has 2 nitrogen and oxygen atoms in total. The first-order valence-corrected chi connectivity index (χ1v) is 9.02. The van der Waals surface area contributed by atoms with Crippen LogP contribution in [0.3, 0.4) is 0 Å². The molecule has 0 spiro atoms. The van der Waals surface area contributed by atoms with Crippen LogP contribution >= 0.6 is 11.8 Å². The van der Waals surface area contributed by atoms with Crippen LogP contribution in [0.1, 0.15) is 65.7 Å². The summed E-state index contributed by atoms with van der Waals surface area (Å²) in [6.07, 6.45) is 9.57. The summed E-state index contributed by atoms with van der Waals surface area (Å²) in [5, 5.41) is 4.56. The zero-order chi connectivity index (χ0) is 14.1. The van der Waals surface area contributed by atoms with Gasteiger partial charge in [-0.15, -0.1) is 0 Å². The van der Waals surface area contributed by atoms with E-state index in [1.807, 2.05) is 7.11 Å². The van der Waals surface area contributed by atoms with Crippen molar-refractivity contribution in [2.24, 2.45) is 0 Å². The number of ether oxygens (including phenoxy) is 1. The van der Waals surface area contributed by atoms with Crippen LogP contribution in [-0.4, -0.2) is 36.3 Å². The van der Waals surface area contributed by atoms with Gasteiger partial charge in [0.2, 0.25) is 0 Å². The molecule has 1 saturated carbocycles. The molecule has 1 fully saturated rings. The third kappa shape index (κ3) is 7.57. The third-order valence-electron chi connectivity index (χ3n) is 4.23. The minimum atomic E-state index is 0.0170. The van der Waals surface area contributed by atoms with E-state index in [4.69, 9.17) is 4.74 Å². The Balaban J connectivity index is 2.26. The van der Waals surface area contributed by atoms with E-state index in [1.54, 1.807) is 0 Å². The molecular weight excluding hydrogens is 254 g/mol. The molecular formula is C16H33NOS. The van der Waals surface area contributed by atoms with Crippen molar-refractivity contribution >= 4 is 11.8 Å². The van der Waals surface area contributed by atoms with Crippen LogP contribution in [0.5, 0.6) is 0 Å². The molecule has 0 saturated heterocycles. The van der Waals surface area contributed by atoms with Gasteiger partial charge in [-0.2, -0.15) is 11.8 Å². The average Bonchev–Trinajstić information content (AvgIpc) is 2.43. The zero-order valence-electron chi connectivity index (χ0n) is 13.3. The van der Waals surface area contributed by atoms with Gasteiger partial charge in [0.15, 0.2) is 0 Å². The minimum Gasteiger partial charge on any atom is -0.379 e. The fourth-order valence-electron chi connectivity index (χ4n) is 2.64. The highest BCUT2D eigenvalue weighted by Crippen LogP contribution is 2.29. The van der Waals surface area contributed by atoms with Crippen LogP contribution in [0.4, 0.5) is 0 Å².